The second-order valence-corrected chi connectivity index (χ2v) is 8.72. The van der Waals surface area contributed by atoms with Gasteiger partial charge in [-0.25, -0.2) is 0 Å². The highest BCUT2D eigenvalue weighted by Crippen LogP contribution is 2.32. The Balaban J connectivity index is 1.49. The summed E-state index contributed by atoms with van der Waals surface area (Å²) >= 11 is 1.25. The molecule has 12 heteroatoms. The minimum absolute atomic E-state index is 0.0277. The summed E-state index contributed by atoms with van der Waals surface area (Å²) < 4.78 is 47.9. The molecule has 3 aromatic rings. The first-order valence-electron chi connectivity index (χ1n) is 10.7. The fourth-order valence-corrected chi connectivity index (χ4v) is 4.27. The molecule has 1 amide bonds. The second kappa shape index (κ2) is 10.9. The summed E-state index contributed by atoms with van der Waals surface area (Å²) in [6, 6.07) is 12.8. The summed E-state index contributed by atoms with van der Waals surface area (Å²) in [7, 11) is 0. The van der Waals surface area contributed by atoms with Gasteiger partial charge in [0.15, 0.2) is 11.5 Å². The number of morpholine rings is 1. The van der Waals surface area contributed by atoms with Gasteiger partial charge in [0, 0.05) is 24.2 Å². The normalized spacial score (nSPS) is 14.5. The molecule has 0 aliphatic carbocycles. The number of Topliss-reactive ketones (excluding diaryl/α,β-unsaturated/α-hetero) is 1. The molecule has 1 fully saturated rings. The number of amides is 1. The number of nitrogens with one attached hydrogen (secondary N) is 1. The van der Waals surface area contributed by atoms with Gasteiger partial charge in [-0.3, -0.25) is 14.5 Å². The zero-order valence-electron chi connectivity index (χ0n) is 18.4. The number of alkyl halides is 3. The average Bonchev–Trinajstić information content (AvgIpc) is 3.29. The number of halogens is 3. The van der Waals surface area contributed by atoms with E-state index < -0.39 is 18.0 Å². The lowest BCUT2D eigenvalue weighted by Crippen LogP contribution is -2.41. The molecule has 2 aromatic carbocycles. The number of nitrogens with zero attached hydrogens (tertiary/aromatic N) is 3. The molecular weight excluding hydrogens is 485 g/mol. The summed E-state index contributed by atoms with van der Waals surface area (Å²) in [6.07, 6.45) is -5.05. The van der Waals surface area contributed by atoms with Crippen molar-refractivity contribution in [2.75, 3.05) is 38.2 Å². The zero-order chi connectivity index (χ0) is 24.8. The molecule has 0 bridgehead atoms. The van der Waals surface area contributed by atoms with Gasteiger partial charge in [-0.2, -0.15) is 0 Å². The topological polar surface area (TPSA) is 93.7 Å². The maximum absolute atomic E-state index is 12.9. The van der Waals surface area contributed by atoms with Crippen LogP contribution in [0, 0.1) is 0 Å². The Morgan fingerprint density at radius 1 is 1.09 bits per heavy atom. The maximum Gasteiger partial charge on any atom is 0.573 e. The number of anilines is 1. The van der Waals surface area contributed by atoms with E-state index >= 15 is 0 Å². The van der Waals surface area contributed by atoms with E-state index in [1.165, 1.54) is 23.5 Å². The lowest BCUT2D eigenvalue weighted by Gasteiger charge is -2.26. The molecule has 8 nitrogen and oxygen atoms in total. The highest BCUT2D eigenvalue weighted by Gasteiger charge is 2.32. The molecule has 0 spiro atoms. The van der Waals surface area contributed by atoms with Gasteiger partial charge in [0.05, 0.1) is 31.9 Å². The van der Waals surface area contributed by atoms with E-state index in [4.69, 9.17) is 4.74 Å². The third-order valence-corrected chi connectivity index (χ3v) is 6.04. The minimum atomic E-state index is -4.96. The molecule has 1 aliphatic rings. The quantitative estimate of drug-likeness (QED) is 0.465. The first-order chi connectivity index (χ1) is 16.8. The van der Waals surface area contributed by atoms with Crippen LogP contribution >= 0.6 is 11.3 Å². The Morgan fingerprint density at radius 2 is 1.83 bits per heavy atom. The Bertz CT molecular complexity index is 1180. The van der Waals surface area contributed by atoms with Crippen molar-refractivity contribution in [1.82, 2.24) is 15.1 Å². The van der Waals surface area contributed by atoms with Gasteiger partial charge >= 0.3 is 6.36 Å². The molecule has 1 aromatic heterocycles. The van der Waals surface area contributed by atoms with Crippen LogP contribution in [0.1, 0.15) is 15.4 Å². The van der Waals surface area contributed by atoms with Crippen molar-refractivity contribution in [3.8, 4) is 16.3 Å². The number of aromatic nitrogens is 2. The van der Waals surface area contributed by atoms with Gasteiger partial charge in [0.2, 0.25) is 5.91 Å². The number of carbonyl (C=O) groups excluding carboxylic acids is 2. The van der Waals surface area contributed by atoms with Crippen LogP contribution in [0.3, 0.4) is 0 Å². The maximum atomic E-state index is 12.9. The number of ketones is 1. The smallest absolute Gasteiger partial charge is 0.404 e. The molecular formula is C23H21F3N4O4S. The van der Waals surface area contributed by atoms with Crippen molar-refractivity contribution in [1.29, 1.82) is 0 Å². The van der Waals surface area contributed by atoms with Crippen molar-refractivity contribution in [2.24, 2.45) is 0 Å². The highest BCUT2D eigenvalue weighted by molar-refractivity contribution is 7.14. The van der Waals surface area contributed by atoms with E-state index in [-0.39, 0.29) is 30.0 Å². The van der Waals surface area contributed by atoms with Gasteiger partial charge < -0.3 is 14.8 Å². The van der Waals surface area contributed by atoms with Crippen LogP contribution in [0.5, 0.6) is 5.75 Å². The van der Waals surface area contributed by atoms with E-state index in [0.29, 0.717) is 36.3 Å². The number of carbonyl (C=O) groups is 2. The predicted molar refractivity (Wildman–Crippen MR) is 122 cm³/mol. The Morgan fingerprint density at radius 3 is 2.54 bits per heavy atom. The fraction of sp³-hybridized carbons (Fsp3) is 0.304. The number of rotatable bonds is 8. The molecule has 4 rings (SSSR count). The van der Waals surface area contributed by atoms with Gasteiger partial charge in [-0.1, -0.05) is 41.7 Å². The van der Waals surface area contributed by atoms with E-state index in [1.807, 2.05) is 35.2 Å². The predicted octanol–water partition coefficient (Wildman–Crippen LogP) is 3.80. The largest absolute Gasteiger partial charge is 0.573 e. The first-order valence-corrected chi connectivity index (χ1v) is 11.5. The van der Waals surface area contributed by atoms with Gasteiger partial charge in [0.1, 0.15) is 10.0 Å². The number of hydrogen-bond acceptors (Lipinski definition) is 8. The average molecular weight is 507 g/mol. The third kappa shape index (κ3) is 7.07. The monoisotopic (exact) mass is 506 g/mol. The van der Waals surface area contributed by atoms with Gasteiger partial charge in [-0.15, -0.1) is 23.4 Å². The summed E-state index contributed by atoms with van der Waals surface area (Å²) in [5.41, 5.74) is 0.731. The lowest BCUT2D eigenvalue weighted by molar-refractivity contribution is -0.274. The second-order valence-electron chi connectivity index (χ2n) is 7.66. The van der Waals surface area contributed by atoms with Crippen LogP contribution < -0.4 is 10.1 Å². The third-order valence-electron chi connectivity index (χ3n) is 5.07. The standard InChI is InChI=1S/C23H21F3N4O4S/c24-23(25,26)34-19-7-6-16(12-17(19)27-20(32)14-30-8-10-33-11-9-30)18(31)13-21-28-29-22(35-21)15-4-2-1-3-5-15/h1-7,12H,8-11,13-14H2,(H,27,32). The fourth-order valence-electron chi connectivity index (χ4n) is 3.43. The number of hydrogen-bond donors (Lipinski definition) is 1. The molecule has 35 heavy (non-hydrogen) atoms. The van der Waals surface area contributed by atoms with Gasteiger partial charge in [0.25, 0.3) is 0 Å². The van der Waals surface area contributed by atoms with Crippen LogP contribution in [0.4, 0.5) is 18.9 Å². The summed E-state index contributed by atoms with van der Waals surface area (Å²) in [5, 5.41) is 11.7. The van der Waals surface area contributed by atoms with E-state index in [0.717, 1.165) is 11.6 Å². The van der Waals surface area contributed by atoms with Crippen LogP contribution in [0.25, 0.3) is 10.6 Å². The molecule has 1 N–H and O–H groups in total. The zero-order valence-corrected chi connectivity index (χ0v) is 19.2. The van der Waals surface area contributed by atoms with Crippen molar-refractivity contribution in [3.05, 3.63) is 59.1 Å². The van der Waals surface area contributed by atoms with Crippen molar-refractivity contribution in [2.45, 2.75) is 12.8 Å². The minimum Gasteiger partial charge on any atom is -0.404 e. The van der Waals surface area contributed by atoms with Crippen LogP contribution in [0.15, 0.2) is 48.5 Å². The molecule has 0 unspecified atom stereocenters. The molecule has 2 heterocycles. The van der Waals surface area contributed by atoms with E-state index in [2.05, 4.69) is 20.3 Å². The van der Waals surface area contributed by atoms with E-state index in [9.17, 15) is 22.8 Å². The first kappa shape index (κ1) is 24.8. The van der Waals surface area contributed by atoms with Crippen molar-refractivity contribution < 1.29 is 32.2 Å². The summed E-state index contributed by atoms with van der Waals surface area (Å²) in [4.78, 5) is 27.1. The van der Waals surface area contributed by atoms with Crippen LogP contribution in [0.2, 0.25) is 0 Å². The lowest BCUT2D eigenvalue weighted by atomic mass is 10.1. The van der Waals surface area contributed by atoms with Crippen LogP contribution in [-0.4, -0.2) is 66.0 Å². The number of benzene rings is 2. The molecule has 0 saturated carbocycles. The molecule has 1 aliphatic heterocycles. The van der Waals surface area contributed by atoms with E-state index in [1.54, 1.807) is 0 Å². The van der Waals surface area contributed by atoms with Crippen molar-refractivity contribution >= 4 is 28.7 Å². The Kier molecular flexibility index (Phi) is 7.73. The summed E-state index contributed by atoms with van der Waals surface area (Å²) in [5.74, 6) is -1.52. The molecule has 0 atom stereocenters. The van der Waals surface area contributed by atoms with Crippen molar-refractivity contribution in [3.63, 3.8) is 0 Å². The molecule has 184 valence electrons. The highest BCUT2D eigenvalue weighted by atomic mass is 32.1. The number of ether oxygens (including phenoxy) is 2. The Labute approximate surface area is 202 Å². The van der Waals surface area contributed by atoms with Crippen LogP contribution in [-0.2, 0) is 16.0 Å². The SMILES string of the molecule is O=C(CN1CCOCC1)Nc1cc(C(=O)Cc2nnc(-c3ccccc3)s2)ccc1OC(F)(F)F. The summed E-state index contributed by atoms with van der Waals surface area (Å²) in [6.45, 7) is 1.98. The Hall–Kier alpha value is -3.35. The molecule has 1 saturated heterocycles. The van der Waals surface area contributed by atoms with Gasteiger partial charge in [-0.05, 0) is 18.2 Å². The molecule has 0 radical (unpaired) electrons.